The molecule has 0 radical (unpaired) electrons. The number of rotatable bonds is 2. The summed E-state index contributed by atoms with van der Waals surface area (Å²) in [5.41, 5.74) is 2.82. The van der Waals surface area contributed by atoms with Crippen molar-refractivity contribution in [3.8, 4) is 0 Å². The van der Waals surface area contributed by atoms with Gasteiger partial charge in [0.25, 0.3) is 5.69 Å². The lowest BCUT2D eigenvalue weighted by atomic mass is 9.75. The lowest BCUT2D eigenvalue weighted by molar-refractivity contribution is -0.384. The number of nitrogens with one attached hydrogen (secondary N) is 1. The van der Waals surface area contributed by atoms with Gasteiger partial charge in [-0.2, -0.15) is 0 Å². The van der Waals surface area contributed by atoms with Gasteiger partial charge in [-0.3, -0.25) is 29.4 Å². The molecule has 0 bridgehead atoms. The number of anilines is 2. The quantitative estimate of drug-likeness (QED) is 0.419. The smallest absolute Gasteiger partial charge is 0.271 e. The second kappa shape index (κ2) is 6.73. The first kappa shape index (κ1) is 21.0. The van der Waals surface area contributed by atoms with Crippen molar-refractivity contribution in [3.05, 3.63) is 62.7 Å². The van der Waals surface area contributed by atoms with E-state index in [1.807, 2.05) is 26.0 Å². The van der Waals surface area contributed by atoms with E-state index in [4.69, 9.17) is 0 Å². The number of aryl methyl sites for hydroxylation is 2. The fourth-order valence-electron chi connectivity index (χ4n) is 6.71. The van der Waals surface area contributed by atoms with Gasteiger partial charge in [-0.1, -0.05) is 18.2 Å². The molecule has 3 fully saturated rings. The van der Waals surface area contributed by atoms with E-state index in [9.17, 15) is 24.5 Å². The zero-order valence-corrected chi connectivity index (χ0v) is 19.1. The monoisotopic (exact) mass is 460 g/mol. The van der Waals surface area contributed by atoms with Gasteiger partial charge in [0, 0.05) is 29.4 Å². The van der Waals surface area contributed by atoms with Crippen molar-refractivity contribution in [2.75, 3.05) is 16.8 Å². The van der Waals surface area contributed by atoms with Crippen molar-refractivity contribution in [1.29, 1.82) is 0 Å². The molecule has 1 N–H and O–H groups in total. The van der Waals surface area contributed by atoms with Crippen molar-refractivity contribution >= 4 is 34.8 Å². The van der Waals surface area contributed by atoms with Crippen LogP contribution in [0.25, 0.3) is 0 Å². The standard InChI is InChI=1S/C25H24N4O5/c1-12-7-9-16-21(14(12)3)26-24(32)25(16)20-19(17-5-4-10-27(17)25)22(30)28(23(20)31)18-11-15(29(33)34)8-6-13(18)2/h6-9,11,17,19-20H,4-5,10H2,1-3H3,(H,26,32). The Morgan fingerprint density at radius 3 is 2.53 bits per heavy atom. The third-order valence-corrected chi connectivity index (χ3v) is 8.34. The largest absolute Gasteiger partial charge is 0.324 e. The van der Waals surface area contributed by atoms with Crippen LogP contribution in [0.3, 0.4) is 0 Å². The number of benzene rings is 2. The van der Waals surface area contributed by atoms with Gasteiger partial charge in [-0.25, -0.2) is 4.90 Å². The van der Waals surface area contributed by atoms with E-state index in [1.165, 1.54) is 12.1 Å². The maximum Gasteiger partial charge on any atom is 0.271 e. The Balaban J connectivity index is 1.56. The summed E-state index contributed by atoms with van der Waals surface area (Å²) in [7, 11) is 0. The Kier molecular flexibility index (Phi) is 4.15. The van der Waals surface area contributed by atoms with Crippen molar-refractivity contribution < 1.29 is 19.3 Å². The lowest BCUT2D eigenvalue weighted by Gasteiger charge is -2.36. The fourth-order valence-corrected chi connectivity index (χ4v) is 6.71. The van der Waals surface area contributed by atoms with Gasteiger partial charge in [0.2, 0.25) is 17.7 Å². The molecule has 0 saturated carbocycles. The highest BCUT2D eigenvalue weighted by Gasteiger charge is 2.74. The molecule has 2 aromatic carbocycles. The number of amides is 3. The van der Waals surface area contributed by atoms with Crippen LogP contribution in [-0.2, 0) is 19.9 Å². The van der Waals surface area contributed by atoms with E-state index in [0.29, 0.717) is 12.1 Å². The van der Waals surface area contributed by atoms with Gasteiger partial charge in [-0.05, 0) is 56.8 Å². The minimum Gasteiger partial charge on any atom is -0.324 e. The van der Waals surface area contributed by atoms with Crippen molar-refractivity contribution in [2.45, 2.75) is 45.2 Å². The van der Waals surface area contributed by atoms with Crippen LogP contribution in [0.1, 0.15) is 35.1 Å². The molecule has 6 rings (SSSR count). The molecular formula is C25H24N4O5. The molecular weight excluding hydrogens is 436 g/mol. The summed E-state index contributed by atoms with van der Waals surface area (Å²) in [6, 6.07) is 7.82. The van der Waals surface area contributed by atoms with Crippen molar-refractivity contribution in [2.24, 2.45) is 11.8 Å². The van der Waals surface area contributed by atoms with E-state index >= 15 is 0 Å². The lowest BCUT2D eigenvalue weighted by Crippen LogP contribution is -2.54. The number of nitro benzene ring substituents is 1. The second-order valence-electron chi connectivity index (χ2n) is 9.80. The number of non-ortho nitro benzene ring substituents is 1. The first-order valence-corrected chi connectivity index (χ1v) is 11.5. The average Bonchev–Trinajstić information content (AvgIpc) is 3.50. The Bertz CT molecular complexity index is 1340. The maximum absolute atomic E-state index is 14.1. The van der Waals surface area contributed by atoms with E-state index in [2.05, 4.69) is 10.2 Å². The second-order valence-corrected chi connectivity index (χ2v) is 9.80. The molecule has 1 spiro atoms. The van der Waals surface area contributed by atoms with Gasteiger partial charge in [0.15, 0.2) is 0 Å². The summed E-state index contributed by atoms with van der Waals surface area (Å²) in [4.78, 5) is 55.7. The number of carbonyl (C=O) groups excluding carboxylic acids is 3. The Morgan fingerprint density at radius 1 is 1.06 bits per heavy atom. The van der Waals surface area contributed by atoms with Crippen LogP contribution in [0.2, 0.25) is 0 Å². The Morgan fingerprint density at radius 2 is 1.79 bits per heavy atom. The summed E-state index contributed by atoms with van der Waals surface area (Å²) < 4.78 is 0. The van der Waals surface area contributed by atoms with Gasteiger partial charge < -0.3 is 5.32 Å². The van der Waals surface area contributed by atoms with Crippen molar-refractivity contribution in [3.63, 3.8) is 0 Å². The van der Waals surface area contributed by atoms with Gasteiger partial charge in [-0.15, -0.1) is 0 Å². The zero-order valence-electron chi connectivity index (χ0n) is 19.1. The Hall–Kier alpha value is -3.59. The zero-order chi connectivity index (χ0) is 24.1. The molecule has 3 saturated heterocycles. The molecule has 34 heavy (non-hydrogen) atoms. The normalized spacial score (nSPS) is 29.6. The molecule has 3 amide bonds. The fraction of sp³-hybridized carbons (Fsp3) is 0.400. The highest BCUT2D eigenvalue weighted by molar-refractivity contribution is 6.26. The highest BCUT2D eigenvalue weighted by Crippen LogP contribution is 2.61. The number of fused-ring (bicyclic) bond motifs is 7. The summed E-state index contributed by atoms with van der Waals surface area (Å²) in [6.45, 7) is 6.27. The first-order valence-electron chi connectivity index (χ1n) is 11.5. The van der Waals surface area contributed by atoms with Crippen LogP contribution in [0.4, 0.5) is 17.1 Å². The predicted octanol–water partition coefficient (Wildman–Crippen LogP) is 2.95. The van der Waals surface area contributed by atoms with Gasteiger partial charge in [0.1, 0.15) is 5.54 Å². The SMILES string of the molecule is Cc1ccc([N+](=O)[O-])cc1N1C(=O)C2C3CCCN3C3(C(=O)Nc4c3ccc(C)c4C)C2C1=O. The van der Waals surface area contributed by atoms with E-state index < -0.39 is 28.2 Å². The van der Waals surface area contributed by atoms with E-state index in [0.717, 1.165) is 40.1 Å². The number of carbonyl (C=O) groups is 3. The topological polar surface area (TPSA) is 113 Å². The predicted molar refractivity (Wildman–Crippen MR) is 123 cm³/mol. The molecule has 2 aromatic rings. The summed E-state index contributed by atoms with van der Waals surface area (Å²) >= 11 is 0. The molecule has 0 aliphatic carbocycles. The summed E-state index contributed by atoms with van der Waals surface area (Å²) in [5.74, 6) is -2.67. The van der Waals surface area contributed by atoms with Crippen LogP contribution in [0.15, 0.2) is 30.3 Å². The minimum atomic E-state index is -1.25. The van der Waals surface area contributed by atoms with Crippen LogP contribution >= 0.6 is 0 Å². The molecule has 4 aliphatic heterocycles. The maximum atomic E-state index is 14.1. The van der Waals surface area contributed by atoms with Gasteiger partial charge >= 0.3 is 0 Å². The molecule has 174 valence electrons. The minimum absolute atomic E-state index is 0.189. The highest BCUT2D eigenvalue weighted by atomic mass is 16.6. The Labute approximate surface area is 195 Å². The molecule has 9 nitrogen and oxygen atoms in total. The third-order valence-electron chi connectivity index (χ3n) is 8.34. The number of nitro groups is 1. The summed E-state index contributed by atoms with van der Waals surface area (Å²) in [5, 5.41) is 14.4. The van der Waals surface area contributed by atoms with Crippen LogP contribution in [0, 0.1) is 42.7 Å². The van der Waals surface area contributed by atoms with E-state index in [1.54, 1.807) is 13.0 Å². The molecule has 4 heterocycles. The van der Waals surface area contributed by atoms with Crippen LogP contribution in [0.5, 0.6) is 0 Å². The molecule has 0 aromatic heterocycles. The number of imide groups is 1. The third kappa shape index (κ3) is 2.30. The van der Waals surface area contributed by atoms with Crippen molar-refractivity contribution in [1.82, 2.24) is 4.90 Å². The molecule has 4 atom stereocenters. The average molecular weight is 460 g/mol. The molecule has 9 heteroatoms. The summed E-state index contributed by atoms with van der Waals surface area (Å²) in [6.07, 6.45) is 1.55. The van der Waals surface area contributed by atoms with Gasteiger partial charge in [0.05, 0.1) is 22.4 Å². The molecule has 4 unspecified atom stereocenters. The number of nitrogens with zero attached hydrogens (tertiary/aromatic N) is 3. The number of hydrogen-bond donors (Lipinski definition) is 1. The first-order chi connectivity index (χ1) is 16.2. The van der Waals surface area contributed by atoms with E-state index in [-0.39, 0.29) is 29.2 Å². The molecule has 4 aliphatic rings. The van der Waals surface area contributed by atoms with Crippen LogP contribution < -0.4 is 10.2 Å². The number of hydrogen-bond acceptors (Lipinski definition) is 6. The van der Waals surface area contributed by atoms with Crippen LogP contribution in [-0.4, -0.2) is 40.1 Å².